The quantitative estimate of drug-likeness (QED) is 0.0184. The summed E-state index contributed by atoms with van der Waals surface area (Å²) >= 11 is 19.5. The second kappa shape index (κ2) is 34.1. The van der Waals surface area contributed by atoms with Gasteiger partial charge >= 0.3 is 577 Å². The Kier molecular flexibility index (Phi) is 27.4. The minimum absolute atomic E-state index is 0.0604. The first-order valence-electron chi connectivity index (χ1n) is 27.5. The fraction of sp³-hybridized carbons (Fsp3) is 0.300. The normalized spacial score (nSPS) is 17.4. The molecule has 0 spiro atoms. The number of benzene rings is 6. The molecule has 6 unspecified atom stereocenters. The Morgan fingerprint density at radius 3 is 0.756 bits per heavy atom. The third kappa shape index (κ3) is 22.6. The molecule has 6 aromatic carbocycles. The van der Waals surface area contributed by atoms with Crippen molar-refractivity contribution in [3.05, 3.63) is 179 Å². The van der Waals surface area contributed by atoms with Crippen LogP contribution in [0.15, 0.2) is 150 Å². The van der Waals surface area contributed by atoms with Crippen molar-refractivity contribution in [2.75, 3.05) is 0 Å². The van der Waals surface area contributed by atoms with Crippen LogP contribution in [-0.2, 0) is 96.8 Å². The van der Waals surface area contributed by atoms with Gasteiger partial charge in [0.25, 0.3) is 0 Å². The van der Waals surface area contributed by atoms with Crippen LogP contribution >= 0.6 is 119 Å². The number of alkyl halides is 6. The first kappa shape index (κ1) is 72.3. The number of halogens is 6. The molecule has 0 aromatic heterocycles. The molecule has 484 valence electrons. The summed E-state index contributed by atoms with van der Waals surface area (Å²) < 4.78 is 81.6. The Hall–Kier alpha value is -5.17. The van der Waals surface area contributed by atoms with Gasteiger partial charge in [-0.3, -0.25) is 0 Å². The van der Waals surface area contributed by atoms with E-state index in [4.69, 9.17) is 60.1 Å². The van der Waals surface area contributed by atoms with Gasteiger partial charge in [-0.15, -0.1) is 0 Å². The summed E-state index contributed by atoms with van der Waals surface area (Å²) in [6, 6.07) is 40.1. The van der Waals surface area contributed by atoms with Crippen molar-refractivity contribution in [2.24, 2.45) is 4.52 Å². The van der Waals surface area contributed by atoms with Crippen LogP contribution in [0.3, 0.4) is 0 Å². The van der Waals surface area contributed by atoms with E-state index >= 15 is 0 Å². The number of rotatable bonds is 30. The van der Waals surface area contributed by atoms with Crippen molar-refractivity contribution in [1.82, 2.24) is 9.72 Å². The average molecular weight is 1690 g/mol. The number of carbonyl (C=O) groups excluding carboxylic acids is 6. The van der Waals surface area contributed by atoms with Gasteiger partial charge in [0.1, 0.15) is 0 Å². The SMILES string of the molecule is CC(Br)C(=O)OCc1ccc(OP2(Oc3ccc(COC(=O)C(C)Br)cc3)=N[PH](Oc3ccc(COC(=O)C(C)Br)cc3)(Oc3ccc(COC(=O)C(C)Br)cc3)N[PH](Oc3ccc(COC(=O)C(C)Br)cc3)(Oc3ccc(COC(=O)C(C)Br)cc3)N2)cc1. The minimum atomic E-state index is -4.88. The van der Waals surface area contributed by atoms with E-state index in [1.165, 1.54) is 0 Å². The molecule has 0 saturated heterocycles. The van der Waals surface area contributed by atoms with E-state index in [-0.39, 0.29) is 74.1 Å². The zero-order chi connectivity index (χ0) is 65.2. The summed E-state index contributed by atoms with van der Waals surface area (Å²) in [6.45, 7) is 9.56. The molecular formula is C60H64Br6N3O18P3. The molecule has 1 aliphatic rings. The molecule has 90 heavy (non-hydrogen) atoms. The molecule has 0 saturated carbocycles. The van der Waals surface area contributed by atoms with E-state index in [9.17, 15) is 28.8 Å². The molecule has 0 radical (unpaired) electrons. The summed E-state index contributed by atoms with van der Waals surface area (Å²) in [7, 11) is -14.1. The van der Waals surface area contributed by atoms with Crippen molar-refractivity contribution in [3.8, 4) is 34.5 Å². The second-order valence-corrected chi connectivity index (χ2v) is 35.4. The molecule has 21 nitrogen and oxygen atoms in total. The van der Waals surface area contributed by atoms with E-state index in [1.807, 2.05) is 0 Å². The van der Waals surface area contributed by atoms with Gasteiger partial charge in [-0.1, -0.05) is 0 Å². The van der Waals surface area contributed by atoms with Crippen LogP contribution in [-0.4, -0.2) is 64.8 Å². The third-order valence-corrected chi connectivity index (χ3v) is 24.4. The predicted octanol–water partition coefficient (Wildman–Crippen LogP) is 15.4. The van der Waals surface area contributed by atoms with Crippen LogP contribution < -0.4 is 36.9 Å². The van der Waals surface area contributed by atoms with Gasteiger partial charge in [-0.25, -0.2) is 0 Å². The maximum atomic E-state index is 12.5. The van der Waals surface area contributed by atoms with E-state index in [0.717, 1.165) is 0 Å². The summed E-state index contributed by atoms with van der Waals surface area (Å²) in [5.74, 6) is -1.62. The van der Waals surface area contributed by atoms with Crippen molar-refractivity contribution in [1.29, 1.82) is 0 Å². The number of nitrogens with one attached hydrogen (secondary N) is 2. The number of esters is 6. The first-order chi connectivity index (χ1) is 42.8. The predicted molar refractivity (Wildman–Crippen MR) is 364 cm³/mol. The molecular weight excluding hydrogens is 1620 g/mol. The molecule has 7 rings (SSSR count). The first-order valence-corrected chi connectivity index (χ1v) is 38.2. The molecule has 30 heteroatoms. The van der Waals surface area contributed by atoms with Crippen LogP contribution in [0.2, 0.25) is 0 Å². The average Bonchev–Trinajstić information content (AvgIpc) is 0.795. The number of hydrogen-bond acceptors (Lipinski definition) is 21. The Morgan fingerprint density at radius 2 is 0.544 bits per heavy atom. The molecule has 1 heterocycles. The summed E-state index contributed by atoms with van der Waals surface area (Å²) in [6.07, 6.45) is 0. The Morgan fingerprint density at radius 1 is 0.344 bits per heavy atom. The van der Waals surface area contributed by atoms with Gasteiger partial charge in [0.2, 0.25) is 0 Å². The summed E-state index contributed by atoms with van der Waals surface area (Å²) in [5.41, 5.74) is 3.70. The third-order valence-electron chi connectivity index (χ3n) is 12.1. The van der Waals surface area contributed by atoms with Crippen molar-refractivity contribution in [2.45, 2.75) is 110 Å². The van der Waals surface area contributed by atoms with Gasteiger partial charge in [-0.2, -0.15) is 0 Å². The van der Waals surface area contributed by atoms with Gasteiger partial charge in [-0.05, 0) is 0 Å². The van der Waals surface area contributed by atoms with Gasteiger partial charge < -0.3 is 0 Å². The molecule has 0 fully saturated rings. The van der Waals surface area contributed by atoms with E-state index in [0.29, 0.717) is 33.4 Å². The topological polar surface area (TPSA) is 250 Å². The molecule has 0 amide bonds. The Bertz CT molecular complexity index is 3250. The van der Waals surface area contributed by atoms with Gasteiger partial charge in [0.15, 0.2) is 0 Å². The summed E-state index contributed by atoms with van der Waals surface area (Å²) in [4.78, 5) is 78.9. The number of carbonyl (C=O) groups is 6. The summed E-state index contributed by atoms with van der Waals surface area (Å²) in [5, 5.41) is 0. The number of hydrogen-bond donors (Lipinski definition) is 2. The van der Waals surface area contributed by atoms with Gasteiger partial charge in [0.05, 0.1) is 0 Å². The Labute approximate surface area is 572 Å². The van der Waals surface area contributed by atoms with E-state index < -0.39 is 88.5 Å². The monoisotopic (exact) mass is 1680 g/mol. The molecule has 6 atom stereocenters. The van der Waals surface area contributed by atoms with E-state index in [1.54, 1.807) is 187 Å². The molecule has 1 aliphatic heterocycles. The van der Waals surface area contributed by atoms with Crippen LogP contribution in [0.25, 0.3) is 0 Å². The zero-order valence-electron chi connectivity index (χ0n) is 49.1. The van der Waals surface area contributed by atoms with E-state index in [2.05, 4.69) is 105 Å². The van der Waals surface area contributed by atoms with Crippen LogP contribution in [0.5, 0.6) is 34.5 Å². The molecule has 0 bridgehead atoms. The van der Waals surface area contributed by atoms with Crippen LogP contribution in [0.4, 0.5) is 0 Å². The fourth-order valence-corrected chi connectivity index (χ4v) is 19.8. The van der Waals surface area contributed by atoms with Gasteiger partial charge in [0, 0.05) is 0 Å². The van der Waals surface area contributed by atoms with Crippen LogP contribution in [0, 0.1) is 0 Å². The van der Waals surface area contributed by atoms with Crippen molar-refractivity contribution in [3.63, 3.8) is 0 Å². The Balaban J connectivity index is 1.47. The molecule has 6 aromatic rings. The number of nitrogens with zero attached hydrogens (tertiary/aromatic N) is 1. The molecule has 0 aliphatic carbocycles. The number of ether oxygens (including phenoxy) is 6. The molecule has 2 N–H and O–H groups in total. The maximum absolute atomic E-state index is 12.5. The van der Waals surface area contributed by atoms with Crippen molar-refractivity contribution >= 4 is 155 Å². The van der Waals surface area contributed by atoms with Crippen molar-refractivity contribution < 1.29 is 84.3 Å². The van der Waals surface area contributed by atoms with Crippen LogP contribution in [0.1, 0.15) is 74.9 Å². The zero-order valence-corrected chi connectivity index (χ0v) is 61.5. The second-order valence-electron chi connectivity index (χ2n) is 19.9. The standard InChI is InChI=1S/C60H64Br6N3O18P3/c1-37(61)55(70)76-31-43-7-19-49(20-8-43)82-88(83-50-21-9-44(10-22-50)32-77-56(71)38(2)62)67-89(84-51-23-11-45(12-24-51)33-78-57(72)39(3)63,85-52-25-13-46(14-26-52)34-79-58(73)40(4)64)69-90(68-88,86-53-27-15-47(16-28-53)35-80-59(74)41(5)65)87-54-29-17-48(18-30-54)36-81-60(75)42(6)66/h7-30,37-42,67-68,88-89H,31-36H2,1-6H3. The fourth-order valence-electron chi connectivity index (χ4n) is 7.44.